The van der Waals surface area contributed by atoms with Crippen LogP contribution in [0.25, 0.3) is 0 Å². The molecule has 0 unspecified atom stereocenters. The molecule has 2 amide bonds. The molecule has 0 atom stereocenters. The van der Waals surface area contributed by atoms with E-state index in [2.05, 4.69) is 5.32 Å². The standard InChI is InChI=1S/C17H16F3N3O3/c1-26-13-4-2-3-12(8-13)21-9-11-6-5-10(7-14(11)18)16(24)22-23-17(25)15(19)20/h2-8,15,21H,9H2,1H3,(H,22,24)(H,23,25). The topological polar surface area (TPSA) is 79.5 Å². The molecule has 3 N–H and O–H groups in total. The van der Waals surface area contributed by atoms with Gasteiger partial charge in [0.2, 0.25) is 0 Å². The smallest absolute Gasteiger partial charge is 0.317 e. The van der Waals surface area contributed by atoms with Gasteiger partial charge >= 0.3 is 12.3 Å². The first kappa shape index (κ1) is 19.1. The molecule has 0 aromatic heterocycles. The van der Waals surface area contributed by atoms with Crippen molar-refractivity contribution in [2.45, 2.75) is 13.0 Å². The van der Waals surface area contributed by atoms with Gasteiger partial charge in [0.1, 0.15) is 11.6 Å². The number of ether oxygens (including phenoxy) is 1. The van der Waals surface area contributed by atoms with E-state index in [9.17, 15) is 22.8 Å². The van der Waals surface area contributed by atoms with E-state index in [1.54, 1.807) is 29.7 Å². The minimum absolute atomic E-state index is 0.123. The van der Waals surface area contributed by atoms with E-state index >= 15 is 0 Å². The van der Waals surface area contributed by atoms with Gasteiger partial charge in [0.25, 0.3) is 5.91 Å². The first-order valence-corrected chi connectivity index (χ1v) is 7.45. The molecule has 0 saturated heterocycles. The number of benzene rings is 2. The summed E-state index contributed by atoms with van der Waals surface area (Å²) >= 11 is 0. The third kappa shape index (κ3) is 5.13. The lowest BCUT2D eigenvalue weighted by molar-refractivity contribution is -0.132. The summed E-state index contributed by atoms with van der Waals surface area (Å²) < 4.78 is 43.3. The molecule has 0 fully saturated rings. The molecule has 26 heavy (non-hydrogen) atoms. The summed E-state index contributed by atoms with van der Waals surface area (Å²) in [7, 11) is 1.53. The van der Waals surface area contributed by atoms with Gasteiger partial charge in [-0.25, -0.2) is 4.39 Å². The normalized spacial score (nSPS) is 10.3. The monoisotopic (exact) mass is 367 g/mol. The lowest BCUT2D eigenvalue weighted by Crippen LogP contribution is -2.44. The zero-order valence-corrected chi connectivity index (χ0v) is 13.7. The fourth-order valence-corrected chi connectivity index (χ4v) is 2.01. The fourth-order valence-electron chi connectivity index (χ4n) is 2.01. The molecule has 0 heterocycles. The van der Waals surface area contributed by atoms with Crippen LogP contribution in [0, 0.1) is 5.82 Å². The average molecular weight is 367 g/mol. The molecular weight excluding hydrogens is 351 g/mol. The molecule has 0 spiro atoms. The van der Waals surface area contributed by atoms with Crippen molar-refractivity contribution in [3.8, 4) is 5.75 Å². The Morgan fingerprint density at radius 2 is 1.88 bits per heavy atom. The number of hydrogen-bond donors (Lipinski definition) is 3. The quantitative estimate of drug-likeness (QED) is 0.686. The van der Waals surface area contributed by atoms with Gasteiger partial charge in [-0.3, -0.25) is 20.4 Å². The van der Waals surface area contributed by atoms with Gasteiger partial charge in [-0.1, -0.05) is 12.1 Å². The molecule has 0 aliphatic rings. The van der Waals surface area contributed by atoms with Gasteiger partial charge in [0.05, 0.1) is 7.11 Å². The van der Waals surface area contributed by atoms with Crippen LogP contribution in [-0.4, -0.2) is 25.3 Å². The molecule has 0 aliphatic carbocycles. The van der Waals surface area contributed by atoms with Gasteiger partial charge in [-0.05, 0) is 24.3 Å². The summed E-state index contributed by atoms with van der Waals surface area (Å²) in [5, 5.41) is 3.02. The summed E-state index contributed by atoms with van der Waals surface area (Å²) in [5.41, 5.74) is 4.21. The Hall–Kier alpha value is -3.23. The van der Waals surface area contributed by atoms with Crippen LogP contribution >= 0.6 is 0 Å². The van der Waals surface area contributed by atoms with Crippen LogP contribution in [0.1, 0.15) is 15.9 Å². The lowest BCUT2D eigenvalue weighted by Gasteiger charge is -2.10. The van der Waals surface area contributed by atoms with E-state index in [0.29, 0.717) is 11.3 Å². The molecule has 2 aromatic rings. The summed E-state index contributed by atoms with van der Waals surface area (Å²) in [6.07, 6.45) is -3.27. The average Bonchev–Trinajstić information content (AvgIpc) is 2.64. The highest BCUT2D eigenvalue weighted by Crippen LogP contribution is 2.18. The van der Waals surface area contributed by atoms with Crippen LogP contribution in [0.5, 0.6) is 5.75 Å². The Balaban J connectivity index is 1.97. The second kappa shape index (κ2) is 8.75. The van der Waals surface area contributed by atoms with Crippen molar-refractivity contribution >= 4 is 17.5 Å². The minimum Gasteiger partial charge on any atom is -0.497 e. The minimum atomic E-state index is -3.27. The predicted octanol–water partition coefficient (Wildman–Crippen LogP) is 2.47. The Kier molecular flexibility index (Phi) is 6.42. The summed E-state index contributed by atoms with van der Waals surface area (Å²) in [4.78, 5) is 22.4. The van der Waals surface area contributed by atoms with Crippen LogP contribution < -0.4 is 20.9 Å². The van der Waals surface area contributed by atoms with Crippen molar-refractivity contribution in [3.05, 3.63) is 59.4 Å². The molecule has 6 nitrogen and oxygen atoms in total. The Bertz CT molecular complexity index is 800. The van der Waals surface area contributed by atoms with Gasteiger partial charge in [0, 0.05) is 29.4 Å². The summed E-state index contributed by atoms with van der Waals surface area (Å²) in [6, 6.07) is 10.7. The van der Waals surface area contributed by atoms with E-state index in [1.807, 2.05) is 0 Å². The maximum Gasteiger partial charge on any atom is 0.317 e. The van der Waals surface area contributed by atoms with Crippen molar-refractivity contribution < 1.29 is 27.5 Å². The summed E-state index contributed by atoms with van der Waals surface area (Å²) in [6.45, 7) is 0.156. The van der Waals surface area contributed by atoms with Crippen molar-refractivity contribution in [1.82, 2.24) is 10.9 Å². The van der Waals surface area contributed by atoms with E-state index in [1.165, 1.54) is 24.7 Å². The molecule has 0 bridgehead atoms. The van der Waals surface area contributed by atoms with Crippen LogP contribution in [0.2, 0.25) is 0 Å². The van der Waals surface area contributed by atoms with Crippen molar-refractivity contribution in [1.29, 1.82) is 0 Å². The highest BCUT2D eigenvalue weighted by molar-refractivity contribution is 5.95. The van der Waals surface area contributed by atoms with Crippen LogP contribution in [0.15, 0.2) is 42.5 Å². The van der Waals surface area contributed by atoms with E-state index in [-0.39, 0.29) is 12.1 Å². The van der Waals surface area contributed by atoms with E-state index in [0.717, 1.165) is 11.8 Å². The van der Waals surface area contributed by atoms with Gasteiger partial charge in [-0.15, -0.1) is 0 Å². The maximum absolute atomic E-state index is 14.1. The van der Waals surface area contributed by atoms with Gasteiger partial charge in [0.15, 0.2) is 0 Å². The number of nitrogens with one attached hydrogen (secondary N) is 3. The molecular formula is C17H16F3N3O3. The highest BCUT2D eigenvalue weighted by Gasteiger charge is 2.16. The second-order valence-corrected chi connectivity index (χ2v) is 5.14. The molecule has 0 aliphatic heterocycles. The van der Waals surface area contributed by atoms with E-state index < -0.39 is 24.1 Å². The predicted molar refractivity (Wildman–Crippen MR) is 88.3 cm³/mol. The SMILES string of the molecule is COc1cccc(NCc2ccc(C(=O)NNC(=O)C(F)F)cc2F)c1. The first-order chi connectivity index (χ1) is 12.4. The summed E-state index contributed by atoms with van der Waals surface area (Å²) in [5.74, 6) is -2.58. The van der Waals surface area contributed by atoms with Crippen LogP contribution in [0.3, 0.4) is 0 Å². The van der Waals surface area contributed by atoms with E-state index in [4.69, 9.17) is 4.74 Å². The number of halogens is 3. The lowest BCUT2D eigenvalue weighted by atomic mass is 10.1. The largest absolute Gasteiger partial charge is 0.497 e. The highest BCUT2D eigenvalue weighted by atomic mass is 19.3. The van der Waals surface area contributed by atoms with Crippen LogP contribution in [-0.2, 0) is 11.3 Å². The zero-order valence-electron chi connectivity index (χ0n) is 13.7. The third-order valence-electron chi connectivity index (χ3n) is 3.37. The Morgan fingerprint density at radius 1 is 1.12 bits per heavy atom. The molecule has 0 radical (unpaired) electrons. The number of hydrogen-bond acceptors (Lipinski definition) is 4. The second-order valence-electron chi connectivity index (χ2n) is 5.14. The molecule has 2 aromatic carbocycles. The molecule has 138 valence electrons. The number of anilines is 1. The van der Waals surface area contributed by atoms with Crippen LogP contribution in [0.4, 0.5) is 18.9 Å². The van der Waals surface area contributed by atoms with Crippen molar-refractivity contribution in [2.75, 3.05) is 12.4 Å². The third-order valence-corrected chi connectivity index (χ3v) is 3.37. The van der Waals surface area contributed by atoms with Crippen molar-refractivity contribution in [2.24, 2.45) is 0 Å². The molecule has 9 heteroatoms. The zero-order chi connectivity index (χ0) is 19.1. The number of carbonyl (C=O) groups is 2. The number of hydrazine groups is 1. The molecule has 0 saturated carbocycles. The Labute approximate surface area is 147 Å². The van der Waals surface area contributed by atoms with Crippen molar-refractivity contribution in [3.63, 3.8) is 0 Å². The maximum atomic E-state index is 14.1. The number of rotatable bonds is 6. The number of amides is 2. The number of alkyl halides is 2. The number of methoxy groups -OCH3 is 1. The van der Waals surface area contributed by atoms with Gasteiger partial charge in [-0.2, -0.15) is 8.78 Å². The number of carbonyl (C=O) groups excluding carboxylic acids is 2. The molecule has 2 rings (SSSR count). The fraction of sp³-hybridized carbons (Fsp3) is 0.176. The first-order valence-electron chi connectivity index (χ1n) is 7.45. The van der Waals surface area contributed by atoms with Gasteiger partial charge < -0.3 is 10.1 Å². The Morgan fingerprint density at radius 3 is 2.54 bits per heavy atom.